The van der Waals surface area contributed by atoms with E-state index in [1.165, 1.54) is 33.7 Å². The standard InChI is InChI=1S/C16H21N5O5S3/c1-29(24,25)21-6-4-11(5-7-21)14(23)18-15-19-20-16(28-15)27-10-13(22)17-9-12-3-2-8-26-12/h2-3,8,11H,4-7,9-10H2,1H3,(H,17,22)(H,18,19,23). The molecule has 2 aromatic heterocycles. The first-order valence-electron chi connectivity index (χ1n) is 8.82. The van der Waals surface area contributed by atoms with Crippen molar-refractivity contribution in [2.24, 2.45) is 5.92 Å². The Morgan fingerprint density at radius 1 is 1.34 bits per heavy atom. The molecule has 1 fully saturated rings. The van der Waals surface area contributed by atoms with Gasteiger partial charge < -0.3 is 15.1 Å². The lowest BCUT2D eigenvalue weighted by atomic mass is 9.97. The highest BCUT2D eigenvalue weighted by molar-refractivity contribution is 8.01. The maximum atomic E-state index is 12.4. The number of thioether (sulfide) groups is 1. The fourth-order valence-corrected chi connectivity index (χ4v) is 5.21. The summed E-state index contributed by atoms with van der Waals surface area (Å²) in [5.41, 5.74) is 0. The number of nitrogens with one attached hydrogen (secondary N) is 2. The molecular weight excluding hydrogens is 438 g/mol. The zero-order valence-corrected chi connectivity index (χ0v) is 18.1. The zero-order valence-electron chi connectivity index (χ0n) is 15.7. The first-order valence-corrected chi connectivity index (χ1v) is 12.5. The van der Waals surface area contributed by atoms with Crippen LogP contribution < -0.4 is 10.6 Å². The number of furan rings is 1. The quantitative estimate of drug-likeness (QED) is 0.443. The number of carbonyl (C=O) groups excluding carboxylic acids is 2. The molecule has 3 heterocycles. The number of anilines is 1. The number of aromatic nitrogens is 2. The van der Waals surface area contributed by atoms with Crippen molar-refractivity contribution in [2.75, 3.05) is 30.4 Å². The lowest BCUT2D eigenvalue weighted by Crippen LogP contribution is -2.40. The van der Waals surface area contributed by atoms with Crippen LogP contribution >= 0.6 is 23.1 Å². The molecule has 13 heteroatoms. The van der Waals surface area contributed by atoms with Gasteiger partial charge in [0.15, 0.2) is 4.34 Å². The molecule has 0 saturated carbocycles. The summed E-state index contributed by atoms with van der Waals surface area (Å²) in [4.78, 5) is 24.2. The van der Waals surface area contributed by atoms with Gasteiger partial charge in [-0.1, -0.05) is 23.1 Å². The molecule has 0 radical (unpaired) electrons. The van der Waals surface area contributed by atoms with Crippen LogP contribution in [0.15, 0.2) is 27.2 Å². The van der Waals surface area contributed by atoms with Gasteiger partial charge in [-0.2, -0.15) is 0 Å². The summed E-state index contributed by atoms with van der Waals surface area (Å²) in [6.07, 6.45) is 3.65. The first kappa shape index (κ1) is 21.7. The molecule has 0 atom stereocenters. The molecule has 0 unspecified atom stereocenters. The second kappa shape index (κ2) is 9.69. The van der Waals surface area contributed by atoms with Gasteiger partial charge >= 0.3 is 0 Å². The molecule has 2 aromatic rings. The normalized spacial score (nSPS) is 15.9. The monoisotopic (exact) mass is 459 g/mol. The van der Waals surface area contributed by atoms with Crippen molar-refractivity contribution >= 4 is 50.1 Å². The molecule has 0 aliphatic carbocycles. The van der Waals surface area contributed by atoms with Gasteiger partial charge in [0.25, 0.3) is 0 Å². The highest BCUT2D eigenvalue weighted by Crippen LogP contribution is 2.27. The van der Waals surface area contributed by atoms with E-state index >= 15 is 0 Å². The third-order valence-electron chi connectivity index (χ3n) is 4.30. The Kier molecular flexibility index (Phi) is 7.27. The van der Waals surface area contributed by atoms with Crippen LogP contribution in [0.4, 0.5) is 5.13 Å². The van der Waals surface area contributed by atoms with E-state index in [1.54, 1.807) is 18.4 Å². The van der Waals surface area contributed by atoms with Gasteiger partial charge in [-0.3, -0.25) is 9.59 Å². The summed E-state index contributed by atoms with van der Waals surface area (Å²) in [7, 11) is -3.22. The fourth-order valence-electron chi connectivity index (χ4n) is 2.75. The van der Waals surface area contributed by atoms with E-state index in [0.717, 1.165) is 0 Å². The van der Waals surface area contributed by atoms with E-state index in [1.807, 2.05) is 0 Å². The van der Waals surface area contributed by atoms with E-state index < -0.39 is 10.0 Å². The minimum absolute atomic E-state index is 0.162. The van der Waals surface area contributed by atoms with Crippen LogP contribution in [0.3, 0.4) is 0 Å². The lowest BCUT2D eigenvalue weighted by Gasteiger charge is -2.29. The van der Waals surface area contributed by atoms with Crippen molar-refractivity contribution < 1.29 is 22.4 Å². The summed E-state index contributed by atoms with van der Waals surface area (Å²) >= 11 is 2.42. The van der Waals surface area contributed by atoms with Crippen LogP contribution in [0.5, 0.6) is 0 Å². The fraction of sp³-hybridized carbons (Fsp3) is 0.500. The first-order chi connectivity index (χ1) is 13.8. The van der Waals surface area contributed by atoms with Gasteiger partial charge in [0.2, 0.25) is 27.0 Å². The summed E-state index contributed by atoms with van der Waals surface area (Å²) in [6.45, 7) is 0.991. The van der Waals surface area contributed by atoms with E-state index in [0.29, 0.717) is 47.7 Å². The van der Waals surface area contributed by atoms with Crippen LogP contribution in [0.1, 0.15) is 18.6 Å². The predicted octanol–water partition coefficient (Wildman–Crippen LogP) is 1.15. The molecule has 2 amide bonds. The average molecular weight is 460 g/mol. The Bertz CT molecular complexity index is 936. The number of nitrogens with zero attached hydrogens (tertiary/aromatic N) is 3. The summed E-state index contributed by atoms with van der Waals surface area (Å²) < 4.78 is 30.2. The Labute approximate surface area is 176 Å². The van der Waals surface area contributed by atoms with E-state index in [2.05, 4.69) is 20.8 Å². The predicted molar refractivity (Wildman–Crippen MR) is 109 cm³/mol. The number of hydrogen-bond acceptors (Lipinski definition) is 9. The number of carbonyl (C=O) groups is 2. The molecule has 0 aromatic carbocycles. The van der Waals surface area contributed by atoms with Crippen molar-refractivity contribution in [1.82, 2.24) is 19.8 Å². The maximum absolute atomic E-state index is 12.4. The highest BCUT2D eigenvalue weighted by atomic mass is 32.2. The number of piperidine rings is 1. The minimum atomic E-state index is -3.22. The SMILES string of the molecule is CS(=O)(=O)N1CCC(C(=O)Nc2nnc(SCC(=O)NCc3ccco3)s2)CC1. The Hall–Kier alpha value is -1.96. The van der Waals surface area contributed by atoms with Gasteiger partial charge in [0.1, 0.15) is 5.76 Å². The number of hydrogen-bond donors (Lipinski definition) is 2. The van der Waals surface area contributed by atoms with E-state index in [4.69, 9.17) is 4.42 Å². The molecular formula is C16H21N5O5S3. The smallest absolute Gasteiger partial charge is 0.230 e. The van der Waals surface area contributed by atoms with Crippen molar-refractivity contribution in [1.29, 1.82) is 0 Å². The third kappa shape index (κ3) is 6.52. The molecule has 0 bridgehead atoms. The third-order valence-corrected chi connectivity index (χ3v) is 7.57. The largest absolute Gasteiger partial charge is 0.467 e. The molecule has 1 saturated heterocycles. The van der Waals surface area contributed by atoms with Crippen molar-refractivity contribution in [3.8, 4) is 0 Å². The number of amides is 2. The van der Waals surface area contributed by atoms with Gasteiger partial charge in [-0.15, -0.1) is 10.2 Å². The molecule has 1 aliphatic rings. The Morgan fingerprint density at radius 2 is 2.10 bits per heavy atom. The van der Waals surface area contributed by atoms with Crippen LogP contribution in [0, 0.1) is 5.92 Å². The van der Waals surface area contributed by atoms with Gasteiger partial charge in [-0.25, -0.2) is 12.7 Å². The number of rotatable bonds is 8. The van der Waals surface area contributed by atoms with E-state index in [9.17, 15) is 18.0 Å². The second-order valence-electron chi connectivity index (χ2n) is 6.44. The molecule has 1 aliphatic heterocycles. The van der Waals surface area contributed by atoms with Gasteiger partial charge in [0.05, 0.1) is 24.8 Å². The van der Waals surface area contributed by atoms with Crippen LogP contribution in [-0.4, -0.2) is 59.8 Å². The van der Waals surface area contributed by atoms with Crippen molar-refractivity contribution in [2.45, 2.75) is 23.7 Å². The molecule has 158 valence electrons. The average Bonchev–Trinajstić information content (AvgIpc) is 3.36. The van der Waals surface area contributed by atoms with Gasteiger partial charge in [-0.05, 0) is 25.0 Å². The molecule has 29 heavy (non-hydrogen) atoms. The van der Waals surface area contributed by atoms with Crippen molar-refractivity contribution in [3.63, 3.8) is 0 Å². The van der Waals surface area contributed by atoms with E-state index in [-0.39, 0.29) is 23.5 Å². The molecule has 2 N–H and O–H groups in total. The number of sulfonamides is 1. The summed E-state index contributed by atoms with van der Waals surface area (Å²) in [6, 6.07) is 3.53. The molecule has 10 nitrogen and oxygen atoms in total. The minimum Gasteiger partial charge on any atom is -0.467 e. The van der Waals surface area contributed by atoms with Crippen LogP contribution in [-0.2, 0) is 26.2 Å². The van der Waals surface area contributed by atoms with Crippen LogP contribution in [0.2, 0.25) is 0 Å². The Morgan fingerprint density at radius 3 is 2.76 bits per heavy atom. The topological polar surface area (TPSA) is 134 Å². The lowest BCUT2D eigenvalue weighted by molar-refractivity contribution is -0.121. The van der Waals surface area contributed by atoms with Crippen LogP contribution in [0.25, 0.3) is 0 Å². The van der Waals surface area contributed by atoms with Crippen molar-refractivity contribution in [3.05, 3.63) is 24.2 Å². The summed E-state index contributed by atoms with van der Waals surface area (Å²) in [5, 5.41) is 13.7. The highest BCUT2D eigenvalue weighted by Gasteiger charge is 2.29. The molecule has 0 spiro atoms. The summed E-state index contributed by atoms with van der Waals surface area (Å²) in [5.74, 6) is 0.228. The maximum Gasteiger partial charge on any atom is 0.230 e. The molecule has 3 rings (SSSR count). The zero-order chi connectivity index (χ0) is 20.9. The Balaban J connectivity index is 1.40. The van der Waals surface area contributed by atoms with Gasteiger partial charge in [0, 0.05) is 19.0 Å². The second-order valence-corrected chi connectivity index (χ2v) is 10.6.